The summed E-state index contributed by atoms with van der Waals surface area (Å²) in [4.78, 5) is 11.5. The number of thioether (sulfide) groups is 1. The Morgan fingerprint density at radius 2 is 2.50 bits per heavy atom. The number of carbonyl (C=O) groups is 1. The maximum atomic E-state index is 11.5. The molecule has 2 atom stereocenters. The van der Waals surface area contributed by atoms with Gasteiger partial charge in [0.25, 0.3) is 0 Å². The smallest absolute Gasteiger partial charge is 0.233 e. The summed E-state index contributed by atoms with van der Waals surface area (Å²) in [6.07, 6.45) is 4.18. The average Bonchev–Trinajstić information content (AvgIpc) is 2.64. The summed E-state index contributed by atoms with van der Waals surface area (Å²) < 4.78 is 0. The first kappa shape index (κ1) is 12.2. The minimum Gasteiger partial charge on any atom is -0.355 e. The van der Waals surface area contributed by atoms with Crippen LogP contribution >= 0.6 is 23.4 Å². The van der Waals surface area contributed by atoms with Crippen molar-refractivity contribution in [2.45, 2.75) is 43.2 Å². The second-order valence-corrected chi connectivity index (χ2v) is 5.77. The van der Waals surface area contributed by atoms with Gasteiger partial charge in [-0.1, -0.05) is 0 Å². The van der Waals surface area contributed by atoms with E-state index in [1.807, 2.05) is 6.92 Å². The third-order valence-corrected chi connectivity index (χ3v) is 3.89. The zero-order valence-corrected chi connectivity index (χ0v) is 10.2. The Hall–Kier alpha value is 0.110. The maximum absolute atomic E-state index is 11.5. The fraction of sp³-hybridized carbons (Fsp3) is 0.900. The molecule has 1 fully saturated rings. The number of hydrogen-bond acceptors (Lipinski definition) is 2. The second kappa shape index (κ2) is 6.57. The molecule has 0 aromatic heterocycles. The van der Waals surface area contributed by atoms with Crippen molar-refractivity contribution in [3.05, 3.63) is 0 Å². The van der Waals surface area contributed by atoms with Crippen molar-refractivity contribution < 1.29 is 4.79 Å². The maximum Gasteiger partial charge on any atom is 0.233 e. The monoisotopic (exact) mass is 235 g/mol. The van der Waals surface area contributed by atoms with Crippen LogP contribution in [0.3, 0.4) is 0 Å². The molecular weight excluding hydrogens is 218 g/mol. The van der Waals surface area contributed by atoms with Gasteiger partial charge in [-0.05, 0) is 38.4 Å². The largest absolute Gasteiger partial charge is 0.355 e. The molecular formula is C10H18ClNOS. The number of nitrogens with one attached hydrogen (secondary N) is 1. The van der Waals surface area contributed by atoms with Crippen LogP contribution in [0.2, 0.25) is 0 Å². The first-order valence-corrected chi connectivity index (χ1v) is 6.72. The standard InChI is InChI=1S/C10H18ClNOS/c1-8(11)4-2-6-12-10(13)9-5-3-7-14-9/h8-9H,2-7H2,1H3,(H,12,13). The van der Waals surface area contributed by atoms with E-state index in [4.69, 9.17) is 11.6 Å². The first-order valence-electron chi connectivity index (χ1n) is 5.23. The lowest BCUT2D eigenvalue weighted by molar-refractivity contribution is -0.120. The minimum absolute atomic E-state index is 0.212. The summed E-state index contributed by atoms with van der Waals surface area (Å²) in [5.41, 5.74) is 0. The minimum atomic E-state index is 0.212. The number of amides is 1. The van der Waals surface area contributed by atoms with Gasteiger partial charge in [-0.25, -0.2) is 0 Å². The number of halogens is 1. The molecule has 1 N–H and O–H groups in total. The number of hydrogen-bond donors (Lipinski definition) is 1. The van der Waals surface area contributed by atoms with Gasteiger partial charge in [0.15, 0.2) is 0 Å². The SMILES string of the molecule is CC(Cl)CCCNC(=O)C1CCCS1. The molecule has 0 saturated carbocycles. The molecule has 0 aromatic carbocycles. The van der Waals surface area contributed by atoms with Crippen molar-refractivity contribution in [2.75, 3.05) is 12.3 Å². The number of rotatable bonds is 5. The van der Waals surface area contributed by atoms with E-state index in [-0.39, 0.29) is 16.5 Å². The van der Waals surface area contributed by atoms with E-state index in [0.717, 1.165) is 31.6 Å². The summed E-state index contributed by atoms with van der Waals surface area (Å²) in [7, 11) is 0. The summed E-state index contributed by atoms with van der Waals surface area (Å²) in [6, 6.07) is 0. The highest BCUT2D eigenvalue weighted by atomic mass is 35.5. The van der Waals surface area contributed by atoms with Gasteiger partial charge < -0.3 is 5.32 Å². The average molecular weight is 236 g/mol. The van der Waals surface area contributed by atoms with Gasteiger partial charge in [-0.2, -0.15) is 0 Å². The lowest BCUT2D eigenvalue weighted by Crippen LogP contribution is -2.32. The highest BCUT2D eigenvalue weighted by Gasteiger charge is 2.22. The third kappa shape index (κ3) is 4.56. The zero-order chi connectivity index (χ0) is 10.4. The molecule has 0 aliphatic carbocycles. The highest BCUT2D eigenvalue weighted by molar-refractivity contribution is 8.00. The Labute approximate surface area is 95.2 Å². The van der Waals surface area contributed by atoms with Crippen LogP contribution in [-0.2, 0) is 4.79 Å². The van der Waals surface area contributed by atoms with E-state index in [9.17, 15) is 4.79 Å². The van der Waals surface area contributed by atoms with Gasteiger partial charge >= 0.3 is 0 Å². The summed E-state index contributed by atoms with van der Waals surface area (Å²) in [6.45, 7) is 2.75. The molecule has 82 valence electrons. The van der Waals surface area contributed by atoms with E-state index in [0.29, 0.717) is 0 Å². The van der Waals surface area contributed by atoms with Crippen LogP contribution in [-0.4, -0.2) is 28.8 Å². The number of alkyl halides is 1. The fourth-order valence-corrected chi connectivity index (χ4v) is 2.83. The molecule has 14 heavy (non-hydrogen) atoms. The van der Waals surface area contributed by atoms with Crippen LogP contribution in [0.1, 0.15) is 32.6 Å². The molecule has 1 saturated heterocycles. The van der Waals surface area contributed by atoms with Crippen molar-refractivity contribution in [1.29, 1.82) is 0 Å². The van der Waals surface area contributed by atoms with Crippen LogP contribution in [0.25, 0.3) is 0 Å². The highest BCUT2D eigenvalue weighted by Crippen LogP contribution is 2.25. The van der Waals surface area contributed by atoms with Crippen molar-refractivity contribution in [1.82, 2.24) is 5.32 Å². The summed E-state index contributed by atoms with van der Waals surface area (Å²) >= 11 is 7.58. The van der Waals surface area contributed by atoms with E-state index in [2.05, 4.69) is 5.32 Å². The molecule has 1 aliphatic heterocycles. The Morgan fingerprint density at radius 3 is 3.07 bits per heavy atom. The molecule has 2 nitrogen and oxygen atoms in total. The molecule has 1 aliphatic rings. The normalized spacial score (nSPS) is 23.4. The summed E-state index contributed by atoms with van der Waals surface area (Å²) in [5, 5.41) is 3.39. The Morgan fingerprint density at radius 1 is 1.71 bits per heavy atom. The van der Waals surface area contributed by atoms with Crippen LogP contribution in [0.15, 0.2) is 0 Å². The van der Waals surface area contributed by atoms with Crippen molar-refractivity contribution in [2.24, 2.45) is 0 Å². The molecule has 1 heterocycles. The van der Waals surface area contributed by atoms with Crippen LogP contribution in [0.5, 0.6) is 0 Å². The van der Waals surface area contributed by atoms with Crippen molar-refractivity contribution >= 4 is 29.3 Å². The van der Waals surface area contributed by atoms with E-state index < -0.39 is 0 Å². The summed E-state index contributed by atoms with van der Waals surface area (Å²) in [5.74, 6) is 1.35. The van der Waals surface area contributed by atoms with Crippen LogP contribution in [0, 0.1) is 0 Å². The lowest BCUT2D eigenvalue weighted by Gasteiger charge is -2.09. The fourth-order valence-electron chi connectivity index (χ4n) is 1.49. The van der Waals surface area contributed by atoms with Crippen molar-refractivity contribution in [3.63, 3.8) is 0 Å². The molecule has 0 aromatic rings. The lowest BCUT2D eigenvalue weighted by atomic mass is 10.2. The molecule has 0 radical (unpaired) electrons. The van der Waals surface area contributed by atoms with Gasteiger partial charge in [0.05, 0.1) is 5.25 Å². The first-order chi connectivity index (χ1) is 6.70. The third-order valence-electron chi connectivity index (χ3n) is 2.30. The zero-order valence-electron chi connectivity index (χ0n) is 8.59. The molecule has 0 spiro atoms. The molecule has 4 heteroatoms. The van der Waals surface area contributed by atoms with Gasteiger partial charge in [0.1, 0.15) is 0 Å². The Kier molecular flexibility index (Phi) is 5.71. The van der Waals surface area contributed by atoms with Crippen LogP contribution in [0.4, 0.5) is 0 Å². The quantitative estimate of drug-likeness (QED) is 0.586. The Bertz CT molecular complexity index is 181. The second-order valence-electron chi connectivity index (χ2n) is 3.72. The van der Waals surface area contributed by atoms with Gasteiger partial charge in [-0.3, -0.25) is 4.79 Å². The molecule has 2 unspecified atom stereocenters. The van der Waals surface area contributed by atoms with E-state index in [1.54, 1.807) is 11.8 Å². The van der Waals surface area contributed by atoms with Crippen molar-refractivity contribution in [3.8, 4) is 0 Å². The topological polar surface area (TPSA) is 29.1 Å². The molecule has 0 bridgehead atoms. The predicted molar refractivity (Wildman–Crippen MR) is 63.0 cm³/mol. The van der Waals surface area contributed by atoms with Gasteiger partial charge in [0, 0.05) is 11.9 Å². The van der Waals surface area contributed by atoms with E-state index >= 15 is 0 Å². The molecule has 1 amide bonds. The van der Waals surface area contributed by atoms with E-state index in [1.165, 1.54) is 6.42 Å². The van der Waals surface area contributed by atoms with Crippen LogP contribution < -0.4 is 5.32 Å². The van der Waals surface area contributed by atoms with Gasteiger partial charge in [-0.15, -0.1) is 23.4 Å². The van der Waals surface area contributed by atoms with Gasteiger partial charge in [0.2, 0.25) is 5.91 Å². The molecule has 1 rings (SSSR count). The number of carbonyl (C=O) groups excluding carboxylic acids is 1. The Balaban J connectivity index is 2.03. The predicted octanol–water partition coefficient (Wildman–Crippen LogP) is 2.41.